The first-order valence-corrected chi connectivity index (χ1v) is 14.5. The second kappa shape index (κ2) is 11.8. The summed E-state index contributed by atoms with van der Waals surface area (Å²) >= 11 is 1.25. The lowest BCUT2D eigenvalue weighted by Gasteiger charge is -2.27. The first-order chi connectivity index (χ1) is 20.0. The lowest BCUT2D eigenvalue weighted by atomic mass is 10.1. The Morgan fingerprint density at radius 2 is 1.65 bits per heavy atom. The highest BCUT2D eigenvalue weighted by molar-refractivity contribution is 7.99. The van der Waals surface area contributed by atoms with Gasteiger partial charge < -0.3 is 18.9 Å². The number of aromatic nitrogens is 5. The van der Waals surface area contributed by atoms with E-state index in [4.69, 9.17) is 24.0 Å². The van der Waals surface area contributed by atoms with Crippen LogP contribution in [0.2, 0.25) is 0 Å². The minimum atomic E-state index is -1.00. The molecule has 14 heteroatoms. The highest BCUT2D eigenvalue weighted by Gasteiger charge is 2.36. The van der Waals surface area contributed by atoms with Gasteiger partial charge in [-0.25, -0.2) is 19.3 Å². The molecule has 0 N–H and O–H groups in total. The molecule has 3 aromatic heterocycles. The minimum Gasteiger partial charge on any atom is -0.496 e. The molecule has 0 bridgehead atoms. The molecule has 1 aliphatic heterocycles. The Morgan fingerprint density at radius 1 is 1.02 bits per heavy atom. The van der Waals surface area contributed by atoms with Crippen molar-refractivity contribution < 1.29 is 33.3 Å². The van der Waals surface area contributed by atoms with E-state index in [1.54, 1.807) is 65.6 Å². The van der Waals surface area contributed by atoms with Gasteiger partial charge in [0.25, 0.3) is 0 Å². The van der Waals surface area contributed by atoms with E-state index in [0.717, 1.165) is 11.1 Å². The molecule has 13 nitrogen and oxygen atoms in total. The Bertz CT molecular complexity index is 1610. The smallest absolute Gasteiger partial charge is 0.427 e. The summed E-state index contributed by atoms with van der Waals surface area (Å²) in [4.78, 5) is 53.1. The van der Waals surface area contributed by atoms with E-state index in [-0.39, 0.29) is 18.2 Å². The first kappa shape index (κ1) is 31.7. The summed E-state index contributed by atoms with van der Waals surface area (Å²) < 4.78 is 23.7. The fourth-order valence-electron chi connectivity index (χ4n) is 4.27. The summed E-state index contributed by atoms with van der Waals surface area (Å²) in [6.07, 6.45) is 1.36. The summed E-state index contributed by atoms with van der Waals surface area (Å²) in [5.74, 6) is 0.579. The first-order valence-electron chi connectivity index (χ1n) is 13.5. The molecule has 43 heavy (non-hydrogen) atoms. The number of carbonyl (C=O) groups is 3. The Hall–Kier alpha value is -4.20. The van der Waals surface area contributed by atoms with Crippen molar-refractivity contribution in [2.24, 2.45) is 0 Å². The molecule has 4 heterocycles. The highest BCUT2D eigenvalue weighted by Crippen LogP contribution is 2.37. The van der Waals surface area contributed by atoms with E-state index >= 15 is 0 Å². The molecule has 0 radical (unpaired) electrons. The van der Waals surface area contributed by atoms with Crippen molar-refractivity contribution in [1.82, 2.24) is 24.7 Å². The fourth-order valence-corrected chi connectivity index (χ4v) is 5.18. The third-order valence-electron chi connectivity index (χ3n) is 5.90. The van der Waals surface area contributed by atoms with Gasteiger partial charge in [-0.15, -0.1) is 4.90 Å². The van der Waals surface area contributed by atoms with Crippen LogP contribution in [-0.2, 0) is 25.5 Å². The predicted molar refractivity (Wildman–Crippen MR) is 160 cm³/mol. The third-order valence-corrected chi connectivity index (χ3v) is 6.90. The number of aryl methyl sites for hydroxylation is 1. The SMILES string of the molecule is COc1c(C)cnc(Cn2nc3c4c(nc(N(C(=O)OC(C)(C)C)C(=O)OC(C)(C)C)nc42)SCC(OC(C)=O)=C3)c1C. The van der Waals surface area contributed by atoms with Gasteiger partial charge in [0.1, 0.15) is 33.4 Å². The Balaban J connectivity index is 1.94. The largest absolute Gasteiger partial charge is 0.496 e. The van der Waals surface area contributed by atoms with Crippen molar-refractivity contribution in [3.63, 3.8) is 0 Å². The summed E-state index contributed by atoms with van der Waals surface area (Å²) in [6, 6.07) is 0. The number of imide groups is 1. The molecule has 2 amide bonds. The number of nitrogens with zero attached hydrogens (tertiary/aromatic N) is 6. The van der Waals surface area contributed by atoms with Gasteiger partial charge in [0.15, 0.2) is 5.65 Å². The van der Waals surface area contributed by atoms with Crippen molar-refractivity contribution in [3.8, 4) is 5.75 Å². The van der Waals surface area contributed by atoms with Crippen LogP contribution in [0.4, 0.5) is 15.5 Å². The molecule has 0 spiro atoms. The molecule has 4 rings (SSSR count). The number of hydrogen-bond donors (Lipinski definition) is 0. The van der Waals surface area contributed by atoms with Gasteiger partial charge in [-0.3, -0.25) is 9.78 Å². The van der Waals surface area contributed by atoms with Gasteiger partial charge >= 0.3 is 18.2 Å². The molecular formula is C29H36N6O7S. The summed E-state index contributed by atoms with van der Waals surface area (Å²) in [5.41, 5.74) is 1.30. The van der Waals surface area contributed by atoms with E-state index in [2.05, 4.69) is 15.0 Å². The van der Waals surface area contributed by atoms with Crippen LogP contribution in [0.5, 0.6) is 5.75 Å². The maximum Gasteiger partial charge on any atom is 0.427 e. The molecule has 0 unspecified atom stereocenters. The Kier molecular flexibility index (Phi) is 8.72. The zero-order valence-corrected chi connectivity index (χ0v) is 26.8. The molecule has 3 aromatic rings. The van der Waals surface area contributed by atoms with Crippen LogP contribution < -0.4 is 9.64 Å². The number of hydrogen-bond acceptors (Lipinski definition) is 12. The molecule has 0 aromatic carbocycles. The average Bonchev–Trinajstić information content (AvgIpc) is 3.08. The van der Waals surface area contributed by atoms with E-state index < -0.39 is 29.4 Å². The monoisotopic (exact) mass is 612 g/mol. The summed E-state index contributed by atoms with van der Waals surface area (Å²) in [5, 5.41) is 5.74. The van der Waals surface area contributed by atoms with Crippen molar-refractivity contribution in [2.75, 3.05) is 17.8 Å². The standard InChI is InChI=1S/C29H36N6O7S/c1-15-12-30-20(16(2)22(15)39-10)13-34-23-21-19(33-34)11-18(40-17(3)36)14-43-24(21)32-25(31-23)35(26(37)41-28(4,5)6)27(38)42-29(7,8)9/h11-12H,13-14H2,1-10H3. The normalized spacial score (nSPS) is 13.2. The third kappa shape index (κ3) is 7.24. The predicted octanol–water partition coefficient (Wildman–Crippen LogP) is 5.58. The van der Waals surface area contributed by atoms with Crippen molar-refractivity contribution >= 4 is 53.0 Å². The fraction of sp³-hybridized carbons (Fsp3) is 0.483. The van der Waals surface area contributed by atoms with Crippen LogP contribution in [-0.4, -0.2) is 67.0 Å². The van der Waals surface area contributed by atoms with Gasteiger partial charge in [-0.05, 0) is 55.4 Å². The number of rotatable bonds is 5. The summed E-state index contributed by atoms with van der Waals surface area (Å²) in [6.45, 7) is 15.4. The quantitative estimate of drug-likeness (QED) is 0.201. The number of esters is 1. The lowest BCUT2D eigenvalue weighted by molar-refractivity contribution is -0.136. The molecule has 230 valence electrons. The van der Waals surface area contributed by atoms with Crippen LogP contribution in [0.25, 0.3) is 17.1 Å². The van der Waals surface area contributed by atoms with E-state index in [0.29, 0.717) is 43.9 Å². The van der Waals surface area contributed by atoms with Crippen LogP contribution in [0.3, 0.4) is 0 Å². The number of methoxy groups -OCH3 is 1. The number of pyridine rings is 1. The number of thioether (sulfide) groups is 1. The second-order valence-electron chi connectivity index (χ2n) is 11.9. The lowest BCUT2D eigenvalue weighted by Crippen LogP contribution is -2.44. The van der Waals surface area contributed by atoms with E-state index in [1.807, 2.05) is 13.8 Å². The van der Waals surface area contributed by atoms with Crippen molar-refractivity contribution in [1.29, 1.82) is 0 Å². The van der Waals surface area contributed by atoms with Crippen LogP contribution in [0.15, 0.2) is 17.0 Å². The molecular weight excluding hydrogens is 576 g/mol. The second-order valence-corrected chi connectivity index (χ2v) is 12.9. The Labute approximate surface area is 253 Å². The maximum absolute atomic E-state index is 13.4. The molecule has 0 aliphatic carbocycles. The van der Waals surface area contributed by atoms with E-state index in [1.165, 1.54) is 18.7 Å². The van der Waals surface area contributed by atoms with Gasteiger partial charge in [-0.1, -0.05) is 11.8 Å². The highest BCUT2D eigenvalue weighted by atomic mass is 32.2. The zero-order valence-electron chi connectivity index (χ0n) is 26.0. The Morgan fingerprint density at radius 3 is 2.21 bits per heavy atom. The number of amides is 2. The number of carbonyl (C=O) groups excluding carboxylic acids is 3. The summed E-state index contributed by atoms with van der Waals surface area (Å²) in [7, 11) is 1.60. The van der Waals surface area contributed by atoms with E-state index in [9.17, 15) is 14.4 Å². The van der Waals surface area contributed by atoms with Gasteiger partial charge in [0.2, 0.25) is 5.95 Å². The number of anilines is 1. The molecule has 0 saturated carbocycles. The zero-order chi connectivity index (χ0) is 31.9. The number of ether oxygens (including phenoxy) is 4. The maximum atomic E-state index is 13.4. The molecule has 0 fully saturated rings. The van der Waals surface area contributed by atoms with Gasteiger partial charge in [0, 0.05) is 30.3 Å². The van der Waals surface area contributed by atoms with Gasteiger partial charge in [0.05, 0.1) is 30.5 Å². The minimum absolute atomic E-state index is 0.176. The van der Waals surface area contributed by atoms with Crippen molar-refractivity contribution in [3.05, 3.63) is 34.5 Å². The van der Waals surface area contributed by atoms with Crippen LogP contribution in [0, 0.1) is 13.8 Å². The average molecular weight is 613 g/mol. The van der Waals surface area contributed by atoms with Crippen LogP contribution >= 0.6 is 11.8 Å². The molecule has 0 saturated heterocycles. The van der Waals surface area contributed by atoms with Gasteiger partial charge in [-0.2, -0.15) is 10.1 Å². The topological polar surface area (TPSA) is 148 Å². The molecule has 0 atom stereocenters. The van der Waals surface area contributed by atoms with Crippen molar-refractivity contribution in [2.45, 2.75) is 85.1 Å². The van der Waals surface area contributed by atoms with Crippen LogP contribution in [0.1, 0.15) is 71.0 Å². The molecule has 1 aliphatic rings.